The normalized spacial score (nSPS) is 10.4. The predicted molar refractivity (Wildman–Crippen MR) is 123 cm³/mol. The molecular weight excluding hydrogens is 394 g/mol. The number of hydrogen-bond donors (Lipinski definition) is 1. The maximum Gasteiger partial charge on any atom is 0.222 e. The SMILES string of the molecule is C=C(C)C(=Nc1ccc(OC)cc1)Oc1cccc(OC)c1.COc1ccccc1O. The fraction of sp³-hybridized carbons (Fsp3) is 0.160. The van der Waals surface area contributed by atoms with E-state index in [2.05, 4.69) is 11.6 Å². The highest BCUT2D eigenvalue weighted by atomic mass is 16.5. The molecule has 0 amide bonds. The lowest BCUT2D eigenvalue weighted by Crippen LogP contribution is -2.09. The number of ether oxygens (including phenoxy) is 4. The van der Waals surface area contributed by atoms with Crippen LogP contribution in [0.15, 0.2) is 89.9 Å². The van der Waals surface area contributed by atoms with Gasteiger partial charge >= 0.3 is 0 Å². The zero-order valence-corrected chi connectivity index (χ0v) is 18.2. The van der Waals surface area contributed by atoms with E-state index < -0.39 is 0 Å². The molecule has 0 aromatic heterocycles. The van der Waals surface area contributed by atoms with E-state index in [1.54, 1.807) is 44.6 Å². The Morgan fingerprint density at radius 3 is 1.97 bits per heavy atom. The largest absolute Gasteiger partial charge is 0.504 e. The molecule has 1 N–H and O–H groups in total. The molecule has 3 rings (SSSR count). The van der Waals surface area contributed by atoms with Crippen LogP contribution in [0.3, 0.4) is 0 Å². The van der Waals surface area contributed by atoms with Crippen LogP contribution in [0.4, 0.5) is 5.69 Å². The van der Waals surface area contributed by atoms with Crippen LogP contribution in [0, 0.1) is 0 Å². The van der Waals surface area contributed by atoms with Gasteiger partial charge in [-0.2, -0.15) is 0 Å². The van der Waals surface area contributed by atoms with E-state index in [-0.39, 0.29) is 5.75 Å². The van der Waals surface area contributed by atoms with E-state index in [0.717, 1.165) is 22.8 Å². The van der Waals surface area contributed by atoms with Gasteiger partial charge in [0, 0.05) is 11.6 Å². The number of phenolic OH excluding ortho intramolecular Hbond substituents is 1. The number of para-hydroxylation sites is 2. The first kappa shape index (κ1) is 23.3. The molecule has 0 fully saturated rings. The molecule has 6 nitrogen and oxygen atoms in total. The van der Waals surface area contributed by atoms with Crippen LogP contribution in [0.1, 0.15) is 6.92 Å². The Hall–Kier alpha value is -3.93. The Kier molecular flexibility index (Phi) is 8.98. The number of hydrogen-bond acceptors (Lipinski definition) is 6. The molecule has 0 spiro atoms. The van der Waals surface area contributed by atoms with E-state index in [9.17, 15) is 0 Å². The maximum atomic E-state index is 8.99. The molecule has 0 unspecified atom stereocenters. The van der Waals surface area contributed by atoms with Crippen molar-refractivity contribution in [2.75, 3.05) is 21.3 Å². The zero-order valence-electron chi connectivity index (χ0n) is 18.2. The van der Waals surface area contributed by atoms with E-state index >= 15 is 0 Å². The summed E-state index contributed by atoms with van der Waals surface area (Å²) < 4.78 is 20.9. The third-order valence-corrected chi connectivity index (χ3v) is 4.01. The number of aliphatic imine (C=N–C) groups is 1. The quantitative estimate of drug-likeness (QED) is 0.403. The standard InChI is InChI=1S/C18H19NO3.C7H8O2/c1-13(2)18(19-14-8-10-15(20-3)11-9-14)22-17-7-5-6-16(12-17)21-4;1-9-7-5-3-2-4-6(7)8/h5-12H,1H2,2-4H3;2-5,8H,1H3. The lowest BCUT2D eigenvalue weighted by atomic mass is 10.3. The van der Waals surface area contributed by atoms with E-state index in [1.165, 1.54) is 7.11 Å². The molecular formula is C25H27NO5. The summed E-state index contributed by atoms with van der Waals surface area (Å²) in [7, 11) is 4.77. The fourth-order valence-corrected chi connectivity index (χ4v) is 2.39. The predicted octanol–water partition coefficient (Wildman–Crippen LogP) is 5.79. The molecule has 162 valence electrons. The summed E-state index contributed by atoms with van der Waals surface area (Å²) in [5.41, 5.74) is 1.50. The molecule has 3 aromatic carbocycles. The highest BCUT2D eigenvalue weighted by Gasteiger charge is 2.06. The second-order valence-corrected chi connectivity index (χ2v) is 6.35. The number of rotatable bonds is 6. The van der Waals surface area contributed by atoms with Crippen LogP contribution >= 0.6 is 0 Å². The molecule has 0 saturated carbocycles. The number of nitrogens with zero attached hydrogens (tertiary/aromatic N) is 1. The summed E-state index contributed by atoms with van der Waals surface area (Å²) in [6, 6.07) is 21.6. The smallest absolute Gasteiger partial charge is 0.222 e. The molecule has 0 radical (unpaired) electrons. The minimum Gasteiger partial charge on any atom is -0.504 e. The topological polar surface area (TPSA) is 69.5 Å². The Morgan fingerprint density at radius 1 is 0.774 bits per heavy atom. The third kappa shape index (κ3) is 7.44. The van der Waals surface area contributed by atoms with Crippen LogP contribution in [0.2, 0.25) is 0 Å². The molecule has 0 bridgehead atoms. The van der Waals surface area contributed by atoms with Gasteiger partial charge in [-0.3, -0.25) is 0 Å². The van der Waals surface area contributed by atoms with Gasteiger partial charge in [0.05, 0.1) is 27.0 Å². The monoisotopic (exact) mass is 421 g/mol. The van der Waals surface area contributed by atoms with Gasteiger partial charge in [-0.25, -0.2) is 4.99 Å². The van der Waals surface area contributed by atoms with Crippen molar-refractivity contribution < 1.29 is 24.1 Å². The third-order valence-electron chi connectivity index (χ3n) is 4.01. The van der Waals surface area contributed by atoms with Gasteiger partial charge in [0.15, 0.2) is 11.5 Å². The van der Waals surface area contributed by atoms with Gasteiger partial charge in [0.1, 0.15) is 17.2 Å². The summed E-state index contributed by atoms with van der Waals surface area (Å²) in [6.45, 7) is 5.76. The second kappa shape index (κ2) is 11.9. The van der Waals surface area contributed by atoms with Gasteiger partial charge in [-0.05, 0) is 55.5 Å². The molecule has 0 heterocycles. The maximum absolute atomic E-state index is 8.99. The van der Waals surface area contributed by atoms with Gasteiger partial charge < -0.3 is 24.1 Å². The van der Waals surface area contributed by atoms with Crippen molar-refractivity contribution in [1.82, 2.24) is 0 Å². The Labute approximate surface area is 183 Å². The van der Waals surface area contributed by atoms with Gasteiger partial charge in [-0.1, -0.05) is 24.8 Å². The molecule has 31 heavy (non-hydrogen) atoms. The molecule has 3 aromatic rings. The summed E-state index contributed by atoms with van der Waals surface area (Å²) in [5.74, 6) is 3.30. The minimum absolute atomic E-state index is 0.181. The lowest BCUT2D eigenvalue weighted by molar-refractivity contribution is 0.373. The number of aromatic hydroxyl groups is 1. The van der Waals surface area contributed by atoms with E-state index in [4.69, 9.17) is 24.1 Å². The van der Waals surface area contributed by atoms with E-state index in [1.807, 2.05) is 49.4 Å². The van der Waals surface area contributed by atoms with Crippen LogP contribution in [0.25, 0.3) is 0 Å². The molecule has 0 aliphatic carbocycles. The first-order valence-electron chi connectivity index (χ1n) is 9.49. The minimum atomic E-state index is 0.181. The lowest BCUT2D eigenvalue weighted by Gasteiger charge is -2.10. The highest BCUT2D eigenvalue weighted by molar-refractivity contribution is 5.95. The highest BCUT2D eigenvalue weighted by Crippen LogP contribution is 2.24. The summed E-state index contributed by atoms with van der Waals surface area (Å²) in [4.78, 5) is 4.48. The number of phenols is 1. The van der Waals surface area contributed by atoms with Gasteiger partial charge in [0.25, 0.3) is 0 Å². The first-order valence-corrected chi connectivity index (χ1v) is 9.49. The molecule has 0 aliphatic heterocycles. The van der Waals surface area contributed by atoms with Crippen molar-refractivity contribution >= 4 is 11.6 Å². The fourth-order valence-electron chi connectivity index (χ4n) is 2.39. The molecule has 0 atom stereocenters. The van der Waals surface area contributed by atoms with Crippen LogP contribution < -0.4 is 18.9 Å². The van der Waals surface area contributed by atoms with Crippen LogP contribution in [0.5, 0.6) is 28.7 Å². The molecule has 0 saturated heterocycles. The van der Waals surface area contributed by atoms with Gasteiger partial charge in [-0.15, -0.1) is 0 Å². The summed E-state index contributed by atoms with van der Waals surface area (Å²) in [6.07, 6.45) is 0. The van der Waals surface area contributed by atoms with E-state index in [0.29, 0.717) is 17.4 Å². The van der Waals surface area contributed by atoms with Crippen molar-refractivity contribution in [2.24, 2.45) is 4.99 Å². The van der Waals surface area contributed by atoms with Crippen molar-refractivity contribution in [3.05, 3.63) is 84.9 Å². The van der Waals surface area contributed by atoms with Crippen molar-refractivity contribution in [2.45, 2.75) is 6.92 Å². The average Bonchev–Trinajstić information content (AvgIpc) is 2.80. The first-order chi connectivity index (χ1) is 15.0. The van der Waals surface area contributed by atoms with Crippen molar-refractivity contribution in [3.8, 4) is 28.7 Å². The Balaban J connectivity index is 0.000000316. The van der Waals surface area contributed by atoms with Crippen molar-refractivity contribution in [1.29, 1.82) is 0 Å². The van der Waals surface area contributed by atoms with Crippen LogP contribution in [-0.4, -0.2) is 32.3 Å². The Morgan fingerprint density at radius 2 is 1.42 bits per heavy atom. The average molecular weight is 421 g/mol. The van der Waals surface area contributed by atoms with Crippen LogP contribution in [-0.2, 0) is 0 Å². The number of benzene rings is 3. The summed E-state index contributed by atoms with van der Waals surface area (Å²) >= 11 is 0. The van der Waals surface area contributed by atoms with Crippen molar-refractivity contribution in [3.63, 3.8) is 0 Å². The second-order valence-electron chi connectivity index (χ2n) is 6.35. The van der Waals surface area contributed by atoms with Gasteiger partial charge in [0.2, 0.25) is 5.90 Å². The zero-order chi connectivity index (χ0) is 22.6. The summed E-state index contributed by atoms with van der Waals surface area (Å²) in [5, 5.41) is 8.99. The number of methoxy groups -OCH3 is 3. The Bertz CT molecular complexity index is 1010. The molecule has 6 heteroatoms. The molecule has 0 aliphatic rings.